The van der Waals surface area contributed by atoms with Gasteiger partial charge in [-0.25, -0.2) is 4.39 Å². The smallest absolute Gasteiger partial charge is 0.128 e. The first-order valence-corrected chi connectivity index (χ1v) is 6.26. The Morgan fingerprint density at radius 3 is 2.28 bits per heavy atom. The van der Waals surface area contributed by atoms with Gasteiger partial charge in [-0.3, -0.25) is 0 Å². The number of halogens is 1. The van der Waals surface area contributed by atoms with E-state index in [0.29, 0.717) is 5.56 Å². The topological polar surface area (TPSA) is 12.0 Å². The average molecular weight is 243 g/mol. The predicted molar refractivity (Wildman–Crippen MR) is 73.1 cm³/mol. The lowest BCUT2D eigenvalue weighted by Crippen LogP contribution is -2.18. The van der Waals surface area contributed by atoms with Gasteiger partial charge in [0.25, 0.3) is 0 Å². The first-order chi connectivity index (χ1) is 8.76. The van der Waals surface area contributed by atoms with E-state index >= 15 is 0 Å². The van der Waals surface area contributed by atoms with E-state index in [2.05, 4.69) is 36.5 Å². The number of aryl methyl sites for hydroxylation is 1. The highest BCUT2D eigenvalue weighted by molar-refractivity contribution is 5.34. The molecule has 0 aromatic heterocycles. The third-order valence-corrected chi connectivity index (χ3v) is 3.23. The molecule has 0 heterocycles. The third kappa shape index (κ3) is 2.59. The first-order valence-electron chi connectivity index (χ1n) is 6.26. The lowest BCUT2D eigenvalue weighted by molar-refractivity contribution is 0.576. The molecule has 0 saturated carbocycles. The Hall–Kier alpha value is -1.67. The molecule has 0 spiro atoms. The Morgan fingerprint density at radius 1 is 1.06 bits per heavy atom. The van der Waals surface area contributed by atoms with E-state index in [-0.39, 0.29) is 11.9 Å². The molecule has 1 atom stereocenters. The molecule has 18 heavy (non-hydrogen) atoms. The quantitative estimate of drug-likeness (QED) is 0.863. The molecule has 1 nitrogen and oxygen atoms in total. The van der Waals surface area contributed by atoms with Gasteiger partial charge in [0.15, 0.2) is 0 Å². The summed E-state index contributed by atoms with van der Waals surface area (Å²) in [4.78, 5) is 0. The molecular weight excluding hydrogens is 225 g/mol. The highest BCUT2D eigenvalue weighted by Gasteiger charge is 2.15. The summed E-state index contributed by atoms with van der Waals surface area (Å²) in [6, 6.07) is 15.1. The molecule has 94 valence electrons. The zero-order valence-corrected chi connectivity index (χ0v) is 10.8. The summed E-state index contributed by atoms with van der Waals surface area (Å²) in [7, 11) is 1.85. The SMILES string of the molecule is CCc1ccc(C(NC)c2ccccc2F)cc1. The minimum atomic E-state index is -0.170. The molecule has 1 N–H and O–H groups in total. The Morgan fingerprint density at radius 2 is 1.72 bits per heavy atom. The maximum atomic E-state index is 13.8. The highest BCUT2D eigenvalue weighted by atomic mass is 19.1. The van der Waals surface area contributed by atoms with E-state index in [1.165, 1.54) is 11.6 Å². The molecule has 0 aliphatic heterocycles. The van der Waals surface area contributed by atoms with E-state index in [1.54, 1.807) is 6.07 Å². The van der Waals surface area contributed by atoms with Crippen LogP contribution < -0.4 is 5.32 Å². The number of nitrogens with one attached hydrogen (secondary N) is 1. The van der Waals surface area contributed by atoms with E-state index in [1.807, 2.05) is 19.2 Å². The van der Waals surface area contributed by atoms with Gasteiger partial charge in [0.05, 0.1) is 6.04 Å². The summed E-state index contributed by atoms with van der Waals surface area (Å²) >= 11 is 0. The molecule has 0 amide bonds. The molecular formula is C16H18FN. The number of benzene rings is 2. The van der Waals surface area contributed by atoms with Crippen molar-refractivity contribution in [3.63, 3.8) is 0 Å². The maximum Gasteiger partial charge on any atom is 0.128 e. The van der Waals surface area contributed by atoms with Gasteiger partial charge in [-0.2, -0.15) is 0 Å². The van der Waals surface area contributed by atoms with Crippen molar-refractivity contribution in [1.82, 2.24) is 5.32 Å². The van der Waals surface area contributed by atoms with Crippen LogP contribution in [0.15, 0.2) is 48.5 Å². The Balaban J connectivity index is 2.36. The minimum absolute atomic E-state index is 0.0999. The van der Waals surface area contributed by atoms with Crippen LogP contribution in [0.3, 0.4) is 0 Å². The number of rotatable bonds is 4. The lowest BCUT2D eigenvalue weighted by atomic mass is 9.97. The molecule has 0 saturated heterocycles. The summed E-state index contributed by atoms with van der Waals surface area (Å²) in [6.45, 7) is 2.13. The largest absolute Gasteiger partial charge is 0.309 e. The molecule has 0 fully saturated rings. The van der Waals surface area contributed by atoms with Crippen molar-refractivity contribution < 1.29 is 4.39 Å². The molecule has 0 aliphatic carbocycles. The molecule has 1 unspecified atom stereocenters. The van der Waals surface area contributed by atoms with Crippen LogP contribution in [0.4, 0.5) is 4.39 Å². The van der Waals surface area contributed by atoms with Crippen molar-refractivity contribution >= 4 is 0 Å². The van der Waals surface area contributed by atoms with E-state index in [0.717, 1.165) is 12.0 Å². The van der Waals surface area contributed by atoms with Gasteiger partial charge in [-0.05, 0) is 30.7 Å². The summed E-state index contributed by atoms with van der Waals surface area (Å²) in [5, 5.41) is 3.17. The highest BCUT2D eigenvalue weighted by Crippen LogP contribution is 2.24. The molecule has 0 radical (unpaired) electrons. The van der Waals surface area contributed by atoms with Gasteiger partial charge < -0.3 is 5.32 Å². The van der Waals surface area contributed by atoms with Crippen molar-refractivity contribution in [2.24, 2.45) is 0 Å². The fourth-order valence-electron chi connectivity index (χ4n) is 2.16. The standard InChI is InChI=1S/C16H18FN/c1-3-12-8-10-13(11-9-12)16(18-2)14-6-4-5-7-15(14)17/h4-11,16,18H,3H2,1-2H3. The minimum Gasteiger partial charge on any atom is -0.309 e. The Bertz CT molecular complexity index is 505. The summed E-state index contributed by atoms with van der Waals surface area (Å²) in [5.74, 6) is -0.170. The van der Waals surface area contributed by atoms with Gasteiger partial charge in [-0.15, -0.1) is 0 Å². The van der Waals surface area contributed by atoms with Gasteiger partial charge >= 0.3 is 0 Å². The molecule has 0 aliphatic rings. The summed E-state index contributed by atoms with van der Waals surface area (Å²) < 4.78 is 13.8. The van der Waals surface area contributed by atoms with Crippen LogP contribution >= 0.6 is 0 Å². The van der Waals surface area contributed by atoms with Crippen molar-refractivity contribution in [1.29, 1.82) is 0 Å². The van der Waals surface area contributed by atoms with Crippen LogP contribution in [0.5, 0.6) is 0 Å². The van der Waals surface area contributed by atoms with Crippen molar-refractivity contribution in [2.45, 2.75) is 19.4 Å². The zero-order chi connectivity index (χ0) is 13.0. The lowest BCUT2D eigenvalue weighted by Gasteiger charge is -2.18. The normalized spacial score (nSPS) is 12.4. The predicted octanol–water partition coefficient (Wildman–Crippen LogP) is 3.70. The average Bonchev–Trinajstić information content (AvgIpc) is 2.42. The van der Waals surface area contributed by atoms with Gasteiger partial charge in [0, 0.05) is 5.56 Å². The summed E-state index contributed by atoms with van der Waals surface area (Å²) in [5.41, 5.74) is 3.06. The maximum absolute atomic E-state index is 13.8. The fraction of sp³-hybridized carbons (Fsp3) is 0.250. The van der Waals surface area contributed by atoms with E-state index < -0.39 is 0 Å². The third-order valence-electron chi connectivity index (χ3n) is 3.23. The Kier molecular flexibility index (Phi) is 4.11. The Labute approximate surface area is 108 Å². The van der Waals surface area contributed by atoms with Gasteiger partial charge in [0.1, 0.15) is 5.82 Å². The van der Waals surface area contributed by atoms with Crippen LogP contribution in [0.25, 0.3) is 0 Å². The van der Waals surface area contributed by atoms with E-state index in [9.17, 15) is 4.39 Å². The van der Waals surface area contributed by atoms with Crippen LogP contribution in [-0.2, 0) is 6.42 Å². The van der Waals surface area contributed by atoms with Crippen molar-refractivity contribution in [3.05, 3.63) is 71.0 Å². The monoisotopic (exact) mass is 243 g/mol. The second-order valence-corrected chi connectivity index (χ2v) is 4.34. The second kappa shape index (κ2) is 5.78. The molecule has 2 heteroatoms. The van der Waals surface area contributed by atoms with E-state index in [4.69, 9.17) is 0 Å². The van der Waals surface area contributed by atoms with Crippen LogP contribution in [0, 0.1) is 5.82 Å². The molecule has 0 bridgehead atoms. The fourth-order valence-corrected chi connectivity index (χ4v) is 2.16. The van der Waals surface area contributed by atoms with Crippen molar-refractivity contribution in [3.8, 4) is 0 Å². The van der Waals surface area contributed by atoms with Gasteiger partial charge in [0.2, 0.25) is 0 Å². The molecule has 2 rings (SSSR count). The van der Waals surface area contributed by atoms with Crippen molar-refractivity contribution in [2.75, 3.05) is 7.05 Å². The number of hydrogen-bond donors (Lipinski definition) is 1. The molecule has 2 aromatic rings. The first kappa shape index (κ1) is 12.8. The van der Waals surface area contributed by atoms with Crippen LogP contribution in [0.1, 0.15) is 29.7 Å². The summed E-state index contributed by atoms with van der Waals surface area (Å²) in [6.07, 6.45) is 1.02. The van der Waals surface area contributed by atoms with Crippen LogP contribution in [-0.4, -0.2) is 7.05 Å². The molecule has 2 aromatic carbocycles. The van der Waals surface area contributed by atoms with Crippen LogP contribution in [0.2, 0.25) is 0 Å². The second-order valence-electron chi connectivity index (χ2n) is 4.34. The van der Waals surface area contributed by atoms with Gasteiger partial charge in [-0.1, -0.05) is 49.4 Å². The number of hydrogen-bond acceptors (Lipinski definition) is 1. The zero-order valence-electron chi connectivity index (χ0n) is 10.8.